The maximum Gasteiger partial charge on any atom is 0.259 e. The molecule has 1 amide bonds. The first-order chi connectivity index (χ1) is 10.6. The van der Waals surface area contributed by atoms with Gasteiger partial charge >= 0.3 is 0 Å². The first-order valence-corrected chi connectivity index (χ1v) is 7.26. The van der Waals surface area contributed by atoms with Crippen molar-refractivity contribution in [2.45, 2.75) is 20.3 Å². The van der Waals surface area contributed by atoms with E-state index in [4.69, 9.17) is 4.74 Å². The van der Waals surface area contributed by atoms with Gasteiger partial charge in [-0.25, -0.2) is 0 Å². The van der Waals surface area contributed by atoms with Gasteiger partial charge in [0, 0.05) is 11.3 Å². The summed E-state index contributed by atoms with van der Waals surface area (Å²) in [7, 11) is 0. The second-order valence-electron chi connectivity index (χ2n) is 4.94. The lowest BCUT2D eigenvalue weighted by Crippen LogP contribution is -2.14. The summed E-state index contributed by atoms with van der Waals surface area (Å²) in [5.74, 6) is 0.264. The highest BCUT2D eigenvalue weighted by Crippen LogP contribution is 2.20. The predicted octanol–water partition coefficient (Wildman–Crippen LogP) is 3.93. The summed E-state index contributed by atoms with van der Waals surface area (Å²) in [6.07, 6.45) is 0.872. The van der Waals surface area contributed by atoms with Crippen LogP contribution in [0.25, 0.3) is 0 Å². The summed E-state index contributed by atoms with van der Waals surface area (Å²) < 4.78 is 5.59. The Kier molecular flexibility index (Phi) is 5.31. The van der Waals surface area contributed by atoms with Crippen molar-refractivity contribution in [3.05, 3.63) is 59.7 Å². The molecule has 0 atom stereocenters. The molecule has 0 saturated carbocycles. The smallest absolute Gasteiger partial charge is 0.259 e. The second kappa shape index (κ2) is 7.41. The van der Waals surface area contributed by atoms with Crippen LogP contribution in [0.2, 0.25) is 0 Å². The molecule has 0 radical (unpaired) electrons. The Morgan fingerprint density at radius 2 is 1.86 bits per heavy atom. The van der Waals surface area contributed by atoms with Gasteiger partial charge in [-0.1, -0.05) is 31.2 Å². The summed E-state index contributed by atoms with van der Waals surface area (Å²) in [5, 5.41) is 2.80. The van der Waals surface area contributed by atoms with Gasteiger partial charge < -0.3 is 10.1 Å². The molecule has 0 spiro atoms. The van der Waals surface area contributed by atoms with Gasteiger partial charge in [0.05, 0.1) is 12.2 Å². The van der Waals surface area contributed by atoms with E-state index >= 15 is 0 Å². The number of hydrogen-bond donors (Lipinski definition) is 1. The van der Waals surface area contributed by atoms with E-state index in [1.807, 2.05) is 13.0 Å². The molecule has 114 valence electrons. The summed E-state index contributed by atoms with van der Waals surface area (Å²) in [6, 6.07) is 14.0. The topological polar surface area (TPSA) is 55.4 Å². The first kappa shape index (κ1) is 15.8. The fourth-order valence-corrected chi connectivity index (χ4v) is 2.01. The number of hydrogen-bond acceptors (Lipinski definition) is 3. The SMILES string of the molecule is CCCOc1ccccc1C(=O)Nc1cccc(C(C)=O)c1. The summed E-state index contributed by atoms with van der Waals surface area (Å²) >= 11 is 0. The molecule has 2 rings (SSSR count). The van der Waals surface area contributed by atoms with Crippen molar-refractivity contribution < 1.29 is 14.3 Å². The van der Waals surface area contributed by atoms with Gasteiger partial charge in [-0.15, -0.1) is 0 Å². The Labute approximate surface area is 130 Å². The zero-order chi connectivity index (χ0) is 15.9. The Bertz CT molecular complexity index is 680. The molecule has 22 heavy (non-hydrogen) atoms. The Hall–Kier alpha value is -2.62. The van der Waals surface area contributed by atoms with E-state index in [-0.39, 0.29) is 11.7 Å². The number of para-hydroxylation sites is 1. The Morgan fingerprint density at radius 3 is 2.59 bits per heavy atom. The lowest BCUT2D eigenvalue weighted by molar-refractivity contribution is 0.100. The lowest BCUT2D eigenvalue weighted by Gasteiger charge is -2.11. The number of ketones is 1. The number of anilines is 1. The number of nitrogens with one attached hydrogen (secondary N) is 1. The van der Waals surface area contributed by atoms with Gasteiger partial charge in [0.2, 0.25) is 0 Å². The molecule has 0 bridgehead atoms. The maximum absolute atomic E-state index is 12.4. The normalized spacial score (nSPS) is 10.1. The highest BCUT2D eigenvalue weighted by Gasteiger charge is 2.12. The summed E-state index contributed by atoms with van der Waals surface area (Å²) in [6.45, 7) is 4.06. The van der Waals surface area contributed by atoms with E-state index in [1.54, 1.807) is 42.5 Å². The molecule has 2 aromatic rings. The Balaban J connectivity index is 2.19. The molecule has 4 nitrogen and oxygen atoms in total. The quantitative estimate of drug-likeness (QED) is 0.822. The van der Waals surface area contributed by atoms with Crippen molar-refractivity contribution in [2.75, 3.05) is 11.9 Å². The number of amides is 1. The number of benzene rings is 2. The van der Waals surface area contributed by atoms with Crippen LogP contribution in [0.3, 0.4) is 0 Å². The van der Waals surface area contributed by atoms with E-state index < -0.39 is 0 Å². The van der Waals surface area contributed by atoms with E-state index in [2.05, 4.69) is 5.32 Å². The molecular formula is C18H19NO3. The zero-order valence-corrected chi connectivity index (χ0v) is 12.8. The van der Waals surface area contributed by atoms with Crippen molar-refractivity contribution in [3.63, 3.8) is 0 Å². The van der Waals surface area contributed by atoms with Gasteiger partial charge in [-0.3, -0.25) is 9.59 Å². The van der Waals surface area contributed by atoms with E-state index in [0.29, 0.717) is 29.2 Å². The molecule has 0 aliphatic rings. The van der Waals surface area contributed by atoms with Crippen LogP contribution in [0.15, 0.2) is 48.5 Å². The molecule has 0 unspecified atom stereocenters. The summed E-state index contributed by atoms with van der Waals surface area (Å²) in [4.78, 5) is 23.8. The molecule has 0 fully saturated rings. The number of rotatable bonds is 6. The van der Waals surface area contributed by atoms with Crippen LogP contribution in [0, 0.1) is 0 Å². The molecule has 2 aromatic carbocycles. The molecule has 0 heterocycles. The largest absolute Gasteiger partial charge is 0.493 e. The van der Waals surface area contributed by atoms with Gasteiger partial charge in [-0.2, -0.15) is 0 Å². The molecule has 0 aliphatic carbocycles. The predicted molar refractivity (Wildman–Crippen MR) is 86.6 cm³/mol. The minimum absolute atomic E-state index is 0.0391. The average Bonchev–Trinajstić information content (AvgIpc) is 2.53. The van der Waals surface area contributed by atoms with Crippen molar-refractivity contribution >= 4 is 17.4 Å². The third kappa shape index (κ3) is 3.95. The monoisotopic (exact) mass is 297 g/mol. The fraction of sp³-hybridized carbons (Fsp3) is 0.222. The number of carbonyl (C=O) groups is 2. The lowest BCUT2D eigenvalue weighted by atomic mass is 10.1. The standard InChI is InChI=1S/C18H19NO3/c1-3-11-22-17-10-5-4-9-16(17)18(21)19-15-8-6-7-14(12-15)13(2)20/h4-10,12H,3,11H2,1-2H3,(H,19,21). The molecule has 0 aliphatic heterocycles. The number of Topliss-reactive ketones (excluding diaryl/α,β-unsaturated/α-hetero) is 1. The van der Waals surface area contributed by atoms with Crippen LogP contribution in [-0.4, -0.2) is 18.3 Å². The third-order valence-electron chi connectivity index (χ3n) is 3.12. The molecule has 4 heteroatoms. The van der Waals surface area contributed by atoms with Crippen molar-refractivity contribution in [2.24, 2.45) is 0 Å². The maximum atomic E-state index is 12.4. The van der Waals surface area contributed by atoms with Crippen LogP contribution in [0.1, 0.15) is 41.0 Å². The van der Waals surface area contributed by atoms with Crippen molar-refractivity contribution in [1.82, 2.24) is 0 Å². The van der Waals surface area contributed by atoms with Crippen LogP contribution in [0.5, 0.6) is 5.75 Å². The molecule has 0 saturated heterocycles. The minimum Gasteiger partial charge on any atom is -0.493 e. The summed E-state index contributed by atoms with van der Waals surface area (Å²) in [5.41, 5.74) is 1.63. The van der Waals surface area contributed by atoms with Crippen LogP contribution in [-0.2, 0) is 0 Å². The van der Waals surface area contributed by atoms with Gasteiger partial charge in [0.25, 0.3) is 5.91 Å². The highest BCUT2D eigenvalue weighted by molar-refractivity contribution is 6.06. The average molecular weight is 297 g/mol. The minimum atomic E-state index is -0.257. The zero-order valence-electron chi connectivity index (χ0n) is 12.8. The van der Waals surface area contributed by atoms with Gasteiger partial charge in [0.1, 0.15) is 5.75 Å². The van der Waals surface area contributed by atoms with Crippen molar-refractivity contribution in [3.8, 4) is 5.75 Å². The van der Waals surface area contributed by atoms with E-state index in [0.717, 1.165) is 6.42 Å². The van der Waals surface area contributed by atoms with Crippen molar-refractivity contribution in [1.29, 1.82) is 0 Å². The molecule has 1 N–H and O–H groups in total. The Morgan fingerprint density at radius 1 is 1.09 bits per heavy atom. The van der Waals surface area contributed by atoms with Crippen LogP contribution in [0.4, 0.5) is 5.69 Å². The second-order valence-corrected chi connectivity index (χ2v) is 4.94. The van der Waals surface area contributed by atoms with E-state index in [1.165, 1.54) is 6.92 Å². The number of ether oxygens (including phenoxy) is 1. The van der Waals surface area contributed by atoms with Gasteiger partial charge in [-0.05, 0) is 37.6 Å². The van der Waals surface area contributed by atoms with Gasteiger partial charge in [0.15, 0.2) is 5.78 Å². The van der Waals surface area contributed by atoms with Crippen LogP contribution < -0.4 is 10.1 Å². The molecule has 0 aromatic heterocycles. The van der Waals surface area contributed by atoms with E-state index in [9.17, 15) is 9.59 Å². The van der Waals surface area contributed by atoms with Crippen LogP contribution >= 0.6 is 0 Å². The third-order valence-corrected chi connectivity index (χ3v) is 3.12. The first-order valence-electron chi connectivity index (χ1n) is 7.26. The highest BCUT2D eigenvalue weighted by atomic mass is 16.5. The number of carbonyl (C=O) groups excluding carboxylic acids is 2. The molecular weight excluding hydrogens is 278 g/mol. The fourth-order valence-electron chi connectivity index (χ4n) is 2.01.